The fourth-order valence-electron chi connectivity index (χ4n) is 3.13. The molecule has 0 spiro atoms. The Hall–Kier alpha value is -1.05. The third-order valence-corrected chi connectivity index (χ3v) is 4.82. The van der Waals surface area contributed by atoms with Crippen molar-refractivity contribution in [3.05, 3.63) is 24.3 Å². The Morgan fingerprint density at radius 2 is 0.923 bits per heavy atom. The SMILES string of the molecule is CCCCCCCCCC/C=C/CCCCCCC/C=C/CCC(=O)O. The van der Waals surface area contributed by atoms with Crippen LogP contribution in [0.25, 0.3) is 0 Å². The lowest BCUT2D eigenvalue weighted by molar-refractivity contribution is -0.136. The summed E-state index contributed by atoms with van der Waals surface area (Å²) in [6.45, 7) is 2.28. The number of aliphatic carboxylic acids is 1. The number of carbonyl (C=O) groups is 1. The van der Waals surface area contributed by atoms with Crippen LogP contribution in [0.4, 0.5) is 0 Å². The maximum atomic E-state index is 10.4. The van der Waals surface area contributed by atoms with Crippen LogP contribution < -0.4 is 0 Å². The van der Waals surface area contributed by atoms with Crippen molar-refractivity contribution in [2.24, 2.45) is 0 Å². The predicted molar refractivity (Wildman–Crippen MR) is 115 cm³/mol. The minimum atomic E-state index is -0.707. The first-order chi connectivity index (χ1) is 12.8. The Morgan fingerprint density at radius 3 is 1.31 bits per heavy atom. The van der Waals surface area contributed by atoms with E-state index in [1.165, 1.54) is 96.3 Å². The number of allylic oxidation sites excluding steroid dienone is 4. The van der Waals surface area contributed by atoms with E-state index in [-0.39, 0.29) is 6.42 Å². The summed E-state index contributed by atoms with van der Waals surface area (Å²) in [7, 11) is 0. The lowest BCUT2D eigenvalue weighted by Crippen LogP contribution is -1.91. The molecular weight excluding hydrogens is 320 g/mol. The highest BCUT2D eigenvalue weighted by molar-refractivity contribution is 5.66. The van der Waals surface area contributed by atoms with E-state index in [1.807, 2.05) is 6.08 Å². The third-order valence-electron chi connectivity index (χ3n) is 4.82. The molecule has 0 aromatic carbocycles. The molecule has 0 heterocycles. The molecule has 0 aliphatic heterocycles. The molecule has 0 aliphatic rings. The normalized spacial score (nSPS) is 11.7. The van der Waals surface area contributed by atoms with Crippen LogP contribution >= 0.6 is 0 Å². The summed E-state index contributed by atoms with van der Waals surface area (Å²) < 4.78 is 0. The first-order valence-corrected chi connectivity index (χ1v) is 11.3. The molecule has 0 fully saturated rings. The van der Waals surface area contributed by atoms with Crippen LogP contribution in [0, 0.1) is 0 Å². The van der Waals surface area contributed by atoms with Crippen LogP contribution in [0.5, 0.6) is 0 Å². The lowest BCUT2D eigenvalue weighted by atomic mass is 10.1. The van der Waals surface area contributed by atoms with E-state index in [9.17, 15) is 4.79 Å². The monoisotopic (exact) mass is 364 g/mol. The van der Waals surface area contributed by atoms with Crippen molar-refractivity contribution < 1.29 is 9.90 Å². The lowest BCUT2D eigenvalue weighted by Gasteiger charge is -2.00. The van der Waals surface area contributed by atoms with Gasteiger partial charge in [-0.25, -0.2) is 0 Å². The molecule has 0 saturated carbocycles. The summed E-state index contributed by atoms with van der Waals surface area (Å²) in [6.07, 6.45) is 31.2. The van der Waals surface area contributed by atoms with Crippen LogP contribution in [0.2, 0.25) is 0 Å². The number of rotatable bonds is 20. The standard InChI is InChI=1S/C24H44O2/c1-2-3-4-5-6-7-8-9-10-11-12-13-14-15-16-17-18-19-20-21-22-23-24(25)26/h11-12,20-21H,2-10,13-19,22-23H2,1H3,(H,25,26)/b12-11+,21-20+. The van der Waals surface area contributed by atoms with E-state index in [2.05, 4.69) is 25.2 Å². The molecule has 0 amide bonds. The van der Waals surface area contributed by atoms with Gasteiger partial charge in [-0.2, -0.15) is 0 Å². The first-order valence-electron chi connectivity index (χ1n) is 11.3. The van der Waals surface area contributed by atoms with Crippen LogP contribution in [-0.2, 0) is 4.79 Å². The van der Waals surface area contributed by atoms with Gasteiger partial charge in [0.2, 0.25) is 0 Å². The average molecular weight is 365 g/mol. The molecule has 0 saturated heterocycles. The molecular formula is C24H44O2. The minimum absolute atomic E-state index is 0.253. The first kappa shape index (κ1) is 24.9. The molecule has 2 nitrogen and oxygen atoms in total. The fraction of sp³-hybridized carbons (Fsp3) is 0.792. The summed E-state index contributed by atoms with van der Waals surface area (Å²) in [5, 5.41) is 8.53. The molecule has 0 aromatic rings. The van der Waals surface area contributed by atoms with Gasteiger partial charge in [0.25, 0.3) is 0 Å². The topological polar surface area (TPSA) is 37.3 Å². The zero-order valence-corrected chi connectivity index (χ0v) is 17.4. The van der Waals surface area contributed by atoms with Crippen molar-refractivity contribution in [2.45, 2.75) is 122 Å². The minimum Gasteiger partial charge on any atom is -0.481 e. The van der Waals surface area contributed by atoms with Crippen molar-refractivity contribution in [2.75, 3.05) is 0 Å². The highest BCUT2D eigenvalue weighted by atomic mass is 16.4. The van der Waals surface area contributed by atoms with Crippen molar-refractivity contribution in [1.29, 1.82) is 0 Å². The van der Waals surface area contributed by atoms with E-state index in [0.29, 0.717) is 6.42 Å². The van der Waals surface area contributed by atoms with Crippen molar-refractivity contribution in [3.63, 3.8) is 0 Å². The van der Waals surface area contributed by atoms with Gasteiger partial charge in [0, 0.05) is 6.42 Å². The summed E-state index contributed by atoms with van der Waals surface area (Å²) in [4.78, 5) is 10.4. The fourth-order valence-corrected chi connectivity index (χ4v) is 3.13. The molecule has 2 heteroatoms. The second-order valence-corrected chi connectivity index (χ2v) is 7.48. The smallest absolute Gasteiger partial charge is 0.303 e. The molecule has 0 aromatic heterocycles. The van der Waals surface area contributed by atoms with E-state index in [0.717, 1.165) is 6.42 Å². The van der Waals surface area contributed by atoms with Gasteiger partial charge in [-0.05, 0) is 44.9 Å². The summed E-state index contributed by atoms with van der Waals surface area (Å²) in [5.74, 6) is -0.707. The molecule has 152 valence electrons. The Labute approximate surface area is 163 Å². The highest BCUT2D eigenvalue weighted by Crippen LogP contribution is 2.11. The van der Waals surface area contributed by atoms with Crippen molar-refractivity contribution in [3.8, 4) is 0 Å². The molecule has 0 rings (SSSR count). The van der Waals surface area contributed by atoms with Crippen molar-refractivity contribution in [1.82, 2.24) is 0 Å². The second kappa shape index (κ2) is 22.0. The van der Waals surface area contributed by atoms with Crippen LogP contribution in [0.15, 0.2) is 24.3 Å². The van der Waals surface area contributed by atoms with E-state index >= 15 is 0 Å². The van der Waals surface area contributed by atoms with E-state index < -0.39 is 5.97 Å². The molecule has 0 bridgehead atoms. The largest absolute Gasteiger partial charge is 0.481 e. The Morgan fingerprint density at radius 1 is 0.577 bits per heavy atom. The molecule has 26 heavy (non-hydrogen) atoms. The van der Waals surface area contributed by atoms with E-state index in [4.69, 9.17) is 5.11 Å². The summed E-state index contributed by atoms with van der Waals surface area (Å²) >= 11 is 0. The number of carboxylic acids is 1. The van der Waals surface area contributed by atoms with Crippen LogP contribution in [0.3, 0.4) is 0 Å². The summed E-state index contributed by atoms with van der Waals surface area (Å²) in [6, 6.07) is 0. The van der Waals surface area contributed by atoms with Gasteiger partial charge in [-0.15, -0.1) is 0 Å². The van der Waals surface area contributed by atoms with Crippen LogP contribution in [-0.4, -0.2) is 11.1 Å². The molecule has 0 unspecified atom stereocenters. The molecule has 0 radical (unpaired) electrons. The summed E-state index contributed by atoms with van der Waals surface area (Å²) in [5.41, 5.74) is 0. The maximum Gasteiger partial charge on any atom is 0.303 e. The van der Waals surface area contributed by atoms with Gasteiger partial charge >= 0.3 is 5.97 Å². The second-order valence-electron chi connectivity index (χ2n) is 7.48. The van der Waals surface area contributed by atoms with Gasteiger partial charge in [0.15, 0.2) is 0 Å². The zero-order chi connectivity index (χ0) is 19.1. The maximum absolute atomic E-state index is 10.4. The van der Waals surface area contributed by atoms with Gasteiger partial charge in [-0.1, -0.05) is 95.4 Å². The molecule has 1 N–H and O–H groups in total. The van der Waals surface area contributed by atoms with Crippen LogP contribution in [0.1, 0.15) is 122 Å². The molecule has 0 atom stereocenters. The van der Waals surface area contributed by atoms with Gasteiger partial charge in [-0.3, -0.25) is 4.79 Å². The van der Waals surface area contributed by atoms with Crippen molar-refractivity contribution >= 4 is 5.97 Å². The number of hydrogen-bond acceptors (Lipinski definition) is 1. The van der Waals surface area contributed by atoms with Gasteiger partial charge in [0.05, 0.1) is 0 Å². The Bertz CT molecular complexity index is 344. The average Bonchev–Trinajstić information content (AvgIpc) is 2.62. The zero-order valence-electron chi connectivity index (χ0n) is 17.4. The quantitative estimate of drug-likeness (QED) is 0.174. The highest BCUT2D eigenvalue weighted by Gasteiger charge is 1.93. The Balaban J connectivity index is 3.14. The number of hydrogen-bond donors (Lipinski definition) is 1. The van der Waals surface area contributed by atoms with Gasteiger partial charge < -0.3 is 5.11 Å². The number of unbranched alkanes of at least 4 members (excludes halogenated alkanes) is 14. The molecule has 0 aliphatic carbocycles. The van der Waals surface area contributed by atoms with E-state index in [1.54, 1.807) is 0 Å². The Kier molecular flexibility index (Phi) is 21.1. The third kappa shape index (κ3) is 22.9. The van der Waals surface area contributed by atoms with Gasteiger partial charge in [0.1, 0.15) is 0 Å². The predicted octanol–water partition coefficient (Wildman–Crippen LogP) is 8.23. The number of carboxylic acid groups (broad SMARTS) is 1.